The van der Waals surface area contributed by atoms with E-state index in [1.165, 1.54) is 8.47 Å². The summed E-state index contributed by atoms with van der Waals surface area (Å²) in [4.78, 5) is 26.2. The van der Waals surface area contributed by atoms with Gasteiger partial charge in [0.1, 0.15) is 0 Å². The maximum Gasteiger partial charge on any atom is 0.266 e. The quantitative estimate of drug-likeness (QED) is 0.439. The zero-order valence-corrected chi connectivity index (χ0v) is 14.7. The Hall–Kier alpha value is -2.47. The summed E-state index contributed by atoms with van der Waals surface area (Å²) >= 11 is 2.27. The first-order valence-corrected chi connectivity index (χ1v) is 8.57. The number of hydrogen-bond donors (Lipinski definition) is 0. The molecule has 0 bridgehead atoms. The fourth-order valence-corrected chi connectivity index (χ4v) is 3.23. The molecule has 0 N–H and O–H groups in total. The number of benzene rings is 3. The lowest BCUT2D eigenvalue weighted by atomic mass is 10.1. The van der Waals surface area contributed by atoms with Crippen molar-refractivity contribution in [1.82, 2.24) is 0 Å². The minimum atomic E-state index is -0.266. The van der Waals surface area contributed by atoms with Crippen molar-refractivity contribution in [2.75, 3.05) is 4.90 Å². The van der Waals surface area contributed by atoms with Crippen LogP contribution in [-0.4, -0.2) is 11.8 Å². The van der Waals surface area contributed by atoms with E-state index in [-0.39, 0.29) is 11.8 Å². The minimum Gasteiger partial charge on any atom is -0.268 e. The van der Waals surface area contributed by atoms with Crippen LogP contribution in [0.15, 0.2) is 72.8 Å². The van der Waals surface area contributed by atoms with Gasteiger partial charge in [0.25, 0.3) is 11.8 Å². The number of anilines is 1. The largest absolute Gasteiger partial charge is 0.268 e. The van der Waals surface area contributed by atoms with E-state index in [0.717, 1.165) is 11.1 Å². The molecule has 1 aliphatic rings. The molecule has 0 radical (unpaired) electrons. The highest BCUT2D eigenvalue weighted by atomic mass is 127. The summed E-state index contributed by atoms with van der Waals surface area (Å²) in [6, 6.07) is 22.6. The van der Waals surface area contributed by atoms with Gasteiger partial charge in [0.15, 0.2) is 0 Å². The fraction of sp³-hybridized carbons (Fsp3) is 0. The molecule has 0 saturated heterocycles. The SMILES string of the molecule is O=C1c2ccccc2C(=O)N1c1ccc(-c2ccc(I)cc2)cc1. The molecule has 2 amide bonds. The van der Waals surface area contributed by atoms with Crippen molar-refractivity contribution >= 4 is 40.1 Å². The van der Waals surface area contributed by atoms with Crippen LogP contribution in [0.4, 0.5) is 5.69 Å². The Morgan fingerprint density at radius 1 is 0.625 bits per heavy atom. The number of rotatable bonds is 2. The minimum absolute atomic E-state index is 0.266. The van der Waals surface area contributed by atoms with Gasteiger partial charge in [-0.2, -0.15) is 0 Å². The second kappa shape index (κ2) is 5.87. The van der Waals surface area contributed by atoms with Gasteiger partial charge in [-0.1, -0.05) is 36.4 Å². The number of carbonyl (C=O) groups is 2. The fourth-order valence-electron chi connectivity index (χ4n) is 2.87. The summed E-state index contributed by atoms with van der Waals surface area (Å²) in [7, 11) is 0. The molecule has 0 fully saturated rings. The summed E-state index contributed by atoms with van der Waals surface area (Å²) in [5.74, 6) is -0.532. The number of halogens is 1. The Labute approximate surface area is 153 Å². The van der Waals surface area contributed by atoms with Crippen LogP contribution in [0.1, 0.15) is 20.7 Å². The van der Waals surface area contributed by atoms with Gasteiger partial charge in [0.05, 0.1) is 16.8 Å². The van der Waals surface area contributed by atoms with Crippen LogP contribution in [0.3, 0.4) is 0 Å². The van der Waals surface area contributed by atoms with E-state index in [1.807, 2.05) is 36.4 Å². The van der Waals surface area contributed by atoms with Crippen LogP contribution in [0.25, 0.3) is 11.1 Å². The van der Waals surface area contributed by atoms with E-state index in [9.17, 15) is 9.59 Å². The number of imide groups is 1. The van der Waals surface area contributed by atoms with E-state index in [1.54, 1.807) is 24.3 Å². The van der Waals surface area contributed by atoms with Gasteiger partial charge in [-0.15, -0.1) is 0 Å². The van der Waals surface area contributed by atoms with Crippen molar-refractivity contribution in [3.8, 4) is 11.1 Å². The average Bonchev–Trinajstić information content (AvgIpc) is 2.87. The van der Waals surface area contributed by atoms with E-state index in [4.69, 9.17) is 0 Å². The van der Waals surface area contributed by atoms with Crippen molar-refractivity contribution in [3.05, 3.63) is 87.5 Å². The summed E-state index contributed by atoms with van der Waals surface area (Å²) in [6.45, 7) is 0. The van der Waals surface area contributed by atoms with Gasteiger partial charge >= 0.3 is 0 Å². The molecule has 1 aliphatic heterocycles. The number of hydrogen-bond acceptors (Lipinski definition) is 2. The maximum absolute atomic E-state index is 12.5. The second-order valence-electron chi connectivity index (χ2n) is 5.55. The lowest BCUT2D eigenvalue weighted by molar-refractivity contribution is 0.0926. The van der Waals surface area contributed by atoms with Crippen LogP contribution >= 0.6 is 22.6 Å². The van der Waals surface area contributed by atoms with Crippen LogP contribution in [0.5, 0.6) is 0 Å². The van der Waals surface area contributed by atoms with Gasteiger partial charge < -0.3 is 0 Å². The molecule has 0 aliphatic carbocycles. The van der Waals surface area contributed by atoms with Crippen LogP contribution in [-0.2, 0) is 0 Å². The number of amides is 2. The molecular formula is C20H12INO2. The van der Waals surface area contributed by atoms with Gasteiger partial charge in [0, 0.05) is 3.57 Å². The predicted molar refractivity (Wildman–Crippen MR) is 102 cm³/mol. The van der Waals surface area contributed by atoms with Crippen molar-refractivity contribution in [1.29, 1.82) is 0 Å². The van der Waals surface area contributed by atoms with Gasteiger partial charge in [-0.25, -0.2) is 4.90 Å². The third kappa shape index (κ3) is 2.43. The Balaban J connectivity index is 1.68. The molecular weight excluding hydrogens is 413 g/mol. The third-order valence-electron chi connectivity index (χ3n) is 4.10. The summed E-state index contributed by atoms with van der Waals surface area (Å²) in [6.07, 6.45) is 0. The highest BCUT2D eigenvalue weighted by molar-refractivity contribution is 14.1. The van der Waals surface area contributed by atoms with E-state index in [2.05, 4.69) is 34.7 Å². The molecule has 4 rings (SSSR count). The monoisotopic (exact) mass is 425 g/mol. The Morgan fingerprint density at radius 3 is 1.58 bits per heavy atom. The number of carbonyl (C=O) groups excluding carboxylic acids is 2. The van der Waals surface area contributed by atoms with Crippen LogP contribution in [0, 0.1) is 3.57 Å². The molecule has 1 heterocycles. The first-order valence-electron chi connectivity index (χ1n) is 7.49. The third-order valence-corrected chi connectivity index (χ3v) is 4.82. The van der Waals surface area contributed by atoms with E-state index < -0.39 is 0 Å². The Kier molecular flexibility index (Phi) is 3.69. The summed E-state index contributed by atoms with van der Waals surface area (Å²) in [5.41, 5.74) is 3.67. The lowest BCUT2D eigenvalue weighted by Gasteiger charge is -2.14. The van der Waals surface area contributed by atoms with E-state index >= 15 is 0 Å². The zero-order chi connectivity index (χ0) is 16.7. The molecule has 0 aromatic heterocycles. The van der Waals surface area contributed by atoms with Crippen molar-refractivity contribution in [3.63, 3.8) is 0 Å². The van der Waals surface area contributed by atoms with Crippen molar-refractivity contribution < 1.29 is 9.59 Å². The molecule has 4 heteroatoms. The summed E-state index contributed by atoms with van der Waals surface area (Å²) < 4.78 is 1.18. The van der Waals surface area contributed by atoms with E-state index in [0.29, 0.717) is 16.8 Å². The molecule has 0 atom stereocenters. The lowest BCUT2D eigenvalue weighted by Crippen LogP contribution is -2.29. The first kappa shape index (κ1) is 15.1. The van der Waals surface area contributed by atoms with Crippen LogP contribution in [0.2, 0.25) is 0 Å². The topological polar surface area (TPSA) is 37.4 Å². The molecule has 3 aromatic rings. The summed E-state index contributed by atoms with van der Waals surface area (Å²) in [5, 5.41) is 0. The molecule has 24 heavy (non-hydrogen) atoms. The van der Waals surface area contributed by atoms with Crippen molar-refractivity contribution in [2.24, 2.45) is 0 Å². The maximum atomic E-state index is 12.5. The standard InChI is InChI=1S/C20H12INO2/c21-15-9-5-13(6-10-15)14-7-11-16(12-8-14)22-19(23)17-3-1-2-4-18(17)20(22)24/h1-12H. The number of nitrogens with zero attached hydrogens (tertiary/aromatic N) is 1. The number of fused-ring (bicyclic) bond motifs is 1. The second-order valence-corrected chi connectivity index (χ2v) is 6.79. The Bertz CT molecular complexity index is 911. The first-order chi connectivity index (χ1) is 11.6. The predicted octanol–water partition coefficient (Wildman–Crippen LogP) is 4.76. The van der Waals surface area contributed by atoms with Crippen molar-refractivity contribution in [2.45, 2.75) is 0 Å². The molecule has 0 unspecified atom stereocenters. The van der Waals surface area contributed by atoms with Gasteiger partial charge in [-0.05, 0) is 70.1 Å². The highest BCUT2D eigenvalue weighted by Gasteiger charge is 2.36. The Morgan fingerprint density at radius 2 is 1.08 bits per heavy atom. The molecule has 0 spiro atoms. The highest BCUT2D eigenvalue weighted by Crippen LogP contribution is 2.30. The normalized spacial score (nSPS) is 13.3. The molecule has 3 aromatic carbocycles. The van der Waals surface area contributed by atoms with Crippen LogP contribution < -0.4 is 4.90 Å². The molecule has 116 valence electrons. The smallest absolute Gasteiger partial charge is 0.266 e. The van der Waals surface area contributed by atoms with Gasteiger partial charge in [0.2, 0.25) is 0 Å². The molecule has 0 saturated carbocycles. The zero-order valence-electron chi connectivity index (χ0n) is 12.6. The van der Waals surface area contributed by atoms with Gasteiger partial charge in [-0.3, -0.25) is 9.59 Å². The molecule has 3 nitrogen and oxygen atoms in total. The average molecular weight is 425 g/mol.